The second kappa shape index (κ2) is 5.65. The molecule has 7 nitrogen and oxygen atoms in total. The van der Waals surface area contributed by atoms with Gasteiger partial charge in [0.15, 0.2) is 5.82 Å². The van der Waals surface area contributed by atoms with Crippen molar-refractivity contribution in [3.05, 3.63) is 41.7 Å². The first-order valence-electron chi connectivity index (χ1n) is 5.75. The third-order valence-corrected chi connectivity index (χ3v) is 4.09. The van der Waals surface area contributed by atoms with Gasteiger partial charge in [-0.2, -0.15) is 5.10 Å². The van der Waals surface area contributed by atoms with Gasteiger partial charge in [0, 0.05) is 13.6 Å². The Bertz CT molecular complexity index is 713. The van der Waals surface area contributed by atoms with Gasteiger partial charge in [0.05, 0.1) is 11.4 Å². The van der Waals surface area contributed by atoms with Gasteiger partial charge in [-0.15, -0.1) is 0 Å². The first-order chi connectivity index (χ1) is 9.42. The molecule has 0 radical (unpaired) electrons. The lowest BCUT2D eigenvalue weighted by molar-refractivity contribution is 0.573. The maximum atomic E-state index is 13.2. The van der Waals surface area contributed by atoms with Gasteiger partial charge in [-0.3, -0.25) is 4.68 Å². The molecule has 0 spiro atoms. The normalized spacial score (nSPS) is 11.8. The molecule has 0 aliphatic rings. The number of nitrogens with two attached hydrogens (primary N) is 1. The summed E-state index contributed by atoms with van der Waals surface area (Å²) in [5, 5.41) is 3.95. The fraction of sp³-hybridized carbons (Fsp3) is 0.273. The molecule has 3 N–H and O–H groups in total. The van der Waals surface area contributed by atoms with Crippen LogP contribution in [-0.4, -0.2) is 23.2 Å². The summed E-state index contributed by atoms with van der Waals surface area (Å²) in [5.41, 5.74) is 5.81. The minimum Gasteiger partial charge on any atom is -0.326 e. The largest absolute Gasteiger partial charge is 0.326 e. The van der Waals surface area contributed by atoms with Crippen LogP contribution in [0.4, 0.5) is 4.39 Å². The van der Waals surface area contributed by atoms with E-state index in [4.69, 9.17) is 5.73 Å². The fourth-order valence-corrected chi connectivity index (χ4v) is 2.89. The number of nitrogens with one attached hydrogen (secondary N) is 1. The molecular weight excluding hydrogens is 285 g/mol. The molecule has 9 heteroatoms. The Morgan fingerprint density at radius 1 is 1.45 bits per heavy atom. The number of sulfonamides is 1. The van der Waals surface area contributed by atoms with Crippen molar-refractivity contribution in [2.24, 2.45) is 12.8 Å². The lowest BCUT2D eigenvalue weighted by Gasteiger charge is -2.09. The highest BCUT2D eigenvalue weighted by Gasteiger charge is 2.19. The average Bonchev–Trinajstić information content (AvgIpc) is 2.82. The molecule has 0 aliphatic carbocycles. The first-order valence-corrected chi connectivity index (χ1v) is 7.23. The standard InChI is InChI=1S/C11H14FN5O2S/c1-17-7-14-11(16-17)6-15-20(18,19)10-4-9(12)3-2-8(10)5-13/h2-4,7,15H,5-6,13H2,1H3. The molecule has 1 heterocycles. The number of halogens is 1. The van der Waals surface area contributed by atoms with Crippen molar-refractivity contribution in [1.82, 2.24) is 19.5 Å². The fourth-order valence-electron chi connectivity index (χ4n) is 1.65. The molecule has 2 aromatic rings. The lowest BCUT2D eigenvalue weighted by Crippen LogP contribution is -2.25. The van der Waals surface area contributed by atoms with E-state index >= 15 is 0 Å². The van der Waals surface area contributed by atoms with Crippen LogP contribution in [0, 0.1) is 5.82 Å². The van der Waals surface area contributed by atoms with Crippen LogP contribution in [-0.2, 0) is 30.2 Å². The number of hydrogen-bond donors (Lipinski definition) is 2. The van der Waals surface area contributed by atoms with Gasteiger partial charge in [-0.25, -0.2) is 22.5 Å². The van der Waals surface area contributed by atoms with Crippen LogP contribution in [0.5, 0.6) is 0 Å². The van der Waals surface area contributed by atoms with E-state index in [1.165, 1.54) is 23.1 Å². The molecule has 2 rings (SSSR count). The minimum atomic E-state index is -3.87. The zero-order valence-electron chi connectivity index (χ0n) is 10.7. The van der Waals surface area contributed by atoms with Crippen molar-refractivity contribution in [3.8, 4) is 0 Å². The Hall–Kier alpha value is -1.84. The molecule has 1 aromatic carbocycles. The second-order valence-electron chi connectivity index (χ2n) is 4.12. The maximum Gasteiger partial charge on any atom is 0.241 e. The molecule has 0 amide bonds. The van der Waals surface area contributed by atoms with E-state index in [-0.39, 0.29) is 18.0 Å². The number of aryl methyl sites for hydroxylation is 1. The Morgan fingerprint density at radius 2 is 2.20 bits per heavy atom. The van der Waals surface area contributed by atoms with Gasteiger partial charge in [0.2, 0.25) is 10.0 Å². The highest BCUT2D eigenvalue weighted by molar-refractivity contribution is 7.89. The molecule has 0 saturated heterocycles. The number of benzene rings is 1. The van der Waals surface area contributed by atoms with Crippen LogP contribution in [0.15, 0.2) is 29.4 Å². The second-order valence-corrected chi connectivity index (χ2v) is 5.85. The predicted molar refractivity (Wildman–Crippen MR) is 69.3 cm³/mol. The zero-order chi connectivity index (χ0) is 14.8. The van der Waals surface area contributed by atoms with Crippen molar-refractivity contribution < 1.29 is 12.8 Å². The summed E-state index contributed by atoms with van der Waals surface area (Å²) in [5.74, 6) is -0.319. The van der Waals surface area contributed by atoms with E-state index < -0.39 is 15.8 Å². The summed E-state index contributed by atoms with van der Waals surface area (Å²) in [4.78, 5) is 3.73. The summed E-state index contributed by atoms with van der Waals surface area (Å²) in [6, 6.07) is 3.46. The Balaban J connectivity index is 2.24. The van der Waals surface area contributed by atoms with Crippen LogP contribution in [0.25, 0.3) is 0 Å². The molecule has 20 heavy (non-hydrogen) atoms. The summed E-state index contributed by atoms with van der Waals surface area (Å²) >= 11 is 0. The maximum absolute atomic E-state index is 13.2. The molecular formula is C11H14FN5O2S. The SMILES string of the molecule is Cn1cnc(CNS(=O)(=O)c2cc(F)ccc2CN)n1. The van der Waals surface area contributed by atoms with E-state index in [0.29, 0.717) is 11.4 Å². The summed E-state index contributed by atoms with van der Waals surface area (Å²) in [7, 11) is -2.20. The topological polar surface area (TPSA) is 103 Å². The summed E-state index contributed by atoms with van der Waals surface area (Å²) in [6.07, 6.45) is 1.46. The van der Waals surface area contributed by atoms with Crippen molar-refractivity contribution in [3.63, 3.8) is 0 Å². The third-order valence-electron chi connectivity index (χ3n) is 2.61. The van der Waals surface area contributed by atoms with E-state index in [0.717, 1.165) is 6.07 Å². The van der Waals surface area contributed by atoms with Gasteiger partial charge in [-0.05, 0) is 17.7 Å². The molecule has 0 fully saturated rings. The highest BCUT2D eigenvalue weighted by atomic mass is 32.2. The number of rotatable bonds is 5. The molecule has 108 valence electrons. The Morgan fingerprint density at radius 3 is 2.80 bits per heavy atom. The number of nitrogens with zero attached hydrogens (tertiary/aromatic N) is 3. The smallest absolute Gasteiger partial charge is 0.241 e. The van der Waals surface area contributed by atoms with Crippen molar-refractivity contribution >= 4 is 10.0 Å². The monoisotopic (exact) mass is 299 g/mol. The van der Waals surface area contributed by atoms with Crippen molar-refractivity contribution in [2.75, 3.05) is 0 Å². The summed E-state index contributed by atoms with van der Waals surface area (Å²) in [6.45, 7) is -0.0813. The van der Waals surface area contributed by atoms with Crippen LogP contribution in [0.2, 0.25) is 0 Å². The minimum absolute atomic E-state index is 0.00163. The quantitative estimate of drug-likeness (QED) is 0.802. The highest BCUT2D eigenvalue weighted by Crippen LogP contribution is 2.17. The Labute approximate surface area is 115 Å². The van der Waals surface area contributed by atoms with Gasteiger partial charge in [0.25, 0.3) is 0 Å². The van der Waals surface area contributed by atoms with Crippen LogP contribution >= 0.6 is 0 Å². The zero-order valence-corrected chi connectivity index (χ0v) is 11.6. The van der Waals surface area contributed by atoms with Crippen LogP contribution in [0.1, 0.15) is 11.4 Å². The Kier molecular flexibility index (Phi) is 4.12. The van der Waals surface area contributed by atoms with E-state index in [9.17, 15) is 12.8 Å². The number of hydrogen-bond acceptors (Lipinski definition) is 5. The average molecular weight is 299 g/mol. The van der Waals surface area contributed by atoms with E-state index in [1.54, 1.807) is 7.05 Å². The predicted octanol–water partition coefficient (Wildman–Crippen LogP) is -0.109. The van der Waals surface area contributed by atoms with Crippen molar-refractivity contribution in [1.29, 1.82) is 0 Å². The van der Waals surface area contributed by atoms with E-state index in [2.05, 4.69) is 14.8 Å². The van der Waals surface area contributed by atoms with E-state index in [1.807, 2.05) is 0 Å². The third kappa shape index (κ3) is 3.18. The molecule has 1 aromatic heterocycles. The van der Waals surface area contributed by atoms with Crippen LogP contribution < -0.4 is 10.5 Å². The van der Waals surface area contributed by atoms with Gasteiger partial charge in [0.1, 0.15) is 12.1 Å². The molecule has 0 saturated carbocycles. The van der Waals surface area contributed by atoms with Gasteiger partial charge < -0.3 is 5.73 Å². The molecule has 0 atom stereocenters. The van der Waals surface area contributed by atoms with Crippen LogP contribution in [0.3, 0.4) is 0 Å². The van der Waals surface area contributed by atoms with Crippen molar-refractivity contribution in [2.45, 2.75) is 18.0 Å². The molecule has 0 aliphatic heterocycles. The molecule has 0 unspecified atom stereocenters. The number of aromatic nitrogens is 3. The lowest BCUT2D eigenvalue weighted by atomic mass is 10.2. The van der Waals surface area contributed by atoms with Gasteiger partial charge in [-0.1, -0.05) is 6.07 Å². The summed E-state index contributed by atoms with van der Waals surface area (Å²) < 4.78 is 41.3. The van der Waals surface area contributed by atoms with Gasteiger partial charge >= 0.3 is 0 Å². The first kappa shape index (κ1) is 14.6. The molecule has 0 bridgehead atoms.